The minimum atomic E-state index is -0.257. The minimum Gasteiger partial charge on any atom is -0.378 e. The van der Waals surface area contributed by atoms with Crippen LogP contribution in [0.4, 0.5) is 0 Å². The van der Waals surface area contributed by atoms with E-state index >= 15 is 0 Å². The number of ether oxygens (including phenoxy) is 2. The second kappa shape index (κ2) is 6.85. The summed E-state index contributed by atoms with van der Waals surface area (Å²) in [6.07, 6.45) is 3.51. The first-order chi connectivity index (χ1) is 11.8. The summed E-state index contributed by atoms with van der Waals surface area (Å²) in [5, 5.41) is 0. The van der Waals surface area contributed by atoms with E-state index in [1.807, 2.05) is 26.0 Å². The molecule has 2 heterocycles. The summed E-state index contributed by atoms with van der Waals surface area (Å²) in [7, 11) is 7.61. The van der Waals surface area contributed by atoms with E-state index in [2.05, 4.69) is 4.90 Å². The Balaban J connectivity index is 1.76. The average molecular weight is 353 g/mol. The Morgan fingerprint density at radius 3 is 2.64 bits per heavy atom. The van der Waals surface area contributed by atoms with Crippen molar-refractivity contribution in [1.82, 2.24) is 14.7 Å². The normalized spacial score (nSPS) is 32.2. The van der Waals surface area contributed by atoms with Crippen LogP contribution in [-0.2, 0) is 19.1 Å². The molecule has 3 rings (SSSR count). The fourth-order valence-corrected chi connectivity index (χ4v) is 4.62. The number of amides is 2. The van der Waals surface area contributed by atoms with Crippen molar-refractivity contribution in [3.63, 3.8) is 0 Å². The molecular weight excluding hydrogens is 322 g/mol. The second-order valence-electron chi connectivity index (χ2n) is 8.28. The summed E-state index contributed by atoms with van der Waals surface area (Å²) >= 11 is 0. The Morgan fingerprint density at radius 2 is 2.08 bits per heavy atom. The summed E-state index contributed by atoms with van der Waals surface area (Å²) in [5.74, 6) is 0.162. The van der Waals surface area contributed by atoms with E-state index in [1.54, 1.807) is 12.0 Å². The zero-order chi connectivity index (χ0) is 18.2. The summed E-state index contributed by atoms with van der Waals surface area (Å²) in [4.78, 5) is 30.8. The number of carbonyl (C=O) groups excluding carboxylic acids is 2. The van der Waals surface area contributed by atoms with Crippen LogP contribution in [-0.4, -0.2) is 99.3 Å². The molecule has 0 radical (unpaired) electrons. The van der Waals surface area contributed by atoms with E-state index in [9.17, 15) is 9.59 Å². The fourth-order valence-electron chi connectivity index (χ4n) is 4.62. The number of methoxy groups -OCH3 is 1. The molecule has 7 heteroatoms. The lowest BCUT2D eigenvalue weighted by molar-refractivity contribution is -0.143. The first-order valence-electron chi connectivity index (χ1n) is 9.12. The number of carbonyl (C=O) groups is 2. The van der Waals surface area contributed by atoms with Crippen LogP contribution in [0.3, 0.4) is 0 Å². The van der Waals surface area contributed by atoms with Crippen LogP contribution in [0.1, 0.15) is 25.7 Å². The van der Waals surface area contributed by atoms with Crippen LogP contribution >= 0.6 is 0 Å². The number of likely N-dealkylation sites (N-methyl/N-ethyl adjacent to an activating group) is 2. The van der Waals surface area contributed by atoms with Gasteiger partial charge in [0.15, 0.2) is 0 Å². The highest BCUT2D eigenvalue weighted by Crippen LogP contribution is 2.41. The Labute approximate surface area is 150 Å². The molecule has 2 saturated heterocycles. The van der Waals surface area contributed by atoms with Gasteiger partial charge in [0, 0.05) is 45.2 Å². The molecule has 1 spiro atoms. The van der Waals surface area contributed by atoms with E-state index in [0.717, 1.165) is 19.3 Å². The van der Waals surface area contributed by atoms with Crippen molar-refractivity contribution in [2.75, 3.05) is 61.1 Å². The molecule has 25 heavy (non-hydrogen) atoms. The molecule has 0 aromatic rings. The predicted octanol–water partition coefficient (Wildman–Crippen LogP) is 0.193. The molecule has 2 aliphatic heterocycles. The van der Waals surface area contributed by atoms with Gasteiger partial charge in [-0.25, -0.2) is 0 Å². The SMILES string of the molecule is COC1(CC(=O)N2C[C@@H](N(C)C)[C@@]3(COCC(=O)N(C)C3)C2)CCC1. The Kier molecular flexibility index (Phi) is 5.10. The highest BCUT2D eigenvalue weighted by atomic mass is 16.5. The zero-order valence-electron chi connectivity index (χ0n) is 15.9. The molecule has 0 bridgehead atoms. The summed E-state index contributed by atoms with van der Waals surface area (Å²) in [6, 6.07) is 0.171. The lowest BCUT2D eigenvalue weighted by atomic mass is 9.77. The Hall–Kier alpha value is -1.18. The highest BCUT2D eigenvalue weighted by molar-refractivity contribution is 5.79. The van der Waals surface area contributed by atoms with Crippen molar-refractivity contribution in [2.24, 2.45) is 5.41 Å². The number of rotatable bonds is 4. The molecular formula is C18H31N3O4. The van der Waals surface area contributed by atoms with E-state index in [4.69, 9.17) is 9.47 Å². The molecule has 0 aromatic heterocycles. The number of hydrogen-bond donors (Lipinski definition) is 0. The molecule has 0 unspecified atom stereocenters. The standard InChI is InChI=1S/C18H31N3O4/c1-19(2)14-9-21(15(22)8-18(24-4)6-5-7-18)12-17(14)11-20(3)16(23)10-25-13-17/h14H,5-13H2,1-4H3/t14-,17-/m1/s1. The molecule has 3 aliphatic rings. The van der Waals surface area contributed by atoms with Crippen molar-refractivity contribution in [1.29, 1.82) is 0 Å². The van der Waals surface area contributed by atoms with Crippen LogP contribution in [0.2, 0.25) is 0 Å². The summed E-state index contributed by atoms with van der Waals surface area (Å²) in [6.45, 7) is 2.56. The Bertz CT molecular complexity index is 529. The monoisotopic (exact) mass is 353 g/mol. The molecule has 7 nitrogen and oxygen atoms in total. The van der Waals surface area contributed by atoms with Crippen molar-refractivity contribution < 1.29 is 19.1 Å². The lowest BCUT2D eigenvalue weighted by Gasteiger charge is -2.41. The topological polar surface area (TPSA) is 62.3 Å². The first kappa shape index (κ1) is 18.6. The van der Waals surface area contributed by atoms with E-state index in [1.165, 1.54) is 0 Å². The van der Waals surface area contributed by atoms with E-state index < -0.39 is 0 Å². The van der Waals surface area contributed by atoms with E-state index in [0.29, 0.717) is 32.7 Å². The minimum absolute atomic E-state index is 0.00645. The van der Waals surface area contributed by atoms with Gasteiger partial charge < -0.3 is 24.2 Å². The van der Waals surface area contributed by atoms with Crippen molar-refractivity contribution in [3.8, 4) is 0 Å². The lowest BCUT2D eigenvalue weighted by Crippen LogP contribution is -2.51. The molecule has 2 amide bonds. The van der Waals surface area contributed by atoms with Gasteiger partial charge in [0.1, 0.15) is 6.61 Å². The van der Waals surface area contributed by atoms with Gasteiger partial charge in [-0.2, -0.15) is 0 Å². The van der Waals surface area contributed by atoms with Gasteiger partial charge in [-0.15, -0.1) is 0 Å². The van der Waals surface area contributed by atoms with Crippen molar-refractivity contribution >= 4 is 11.8 Å². The summed E-state index contributed by atoms with van der Waals surface area (Å²) < 4.78 is 11.3. The van der Waals surface area contributed by atoms with Crippen LogP contribution in [0.25, 0.3) is 0 Å². The maximum Gasteiger partial charge on any atom is 0.248 e. The van der Waals surface area contributed by atoms with Gasteiger partial charge in [-0.05, 0) is 33.4 Å². The second-order valence-corrected chi connectivity index (χ2v) is 8.28. The molecule has 0 N–H and O–H groups in total. The highest BCUT2D eigenvalue weighted by Gasteiger charge is 2.52. The summed E-state index contributed by atoms with van der Waals surface area (Å²) in [5.41, 5.74) is -0.493. The van der Waals surface area contributed by atoms with Gasteiger partial charge in [-0.3, -0.25) is 9.59 Å². The largest absolute Gasteiger partial charge is 0.378 e. The molecule has 3 fully saturated rings. The molecule has 0 aromatic carbocycles. The van der Waals surface area contributed by atoms with Crippen LogP contribution in [0.15, 0.2) is 0 Å². The van der Waals surface area contributed by atoms with Gasteiger partial charge in [0.05, 0.1) is 18.6 Å². The van der Waals surface area contributed by atoms with Crippen LogP contribution < -0.4 is 0 Å². The molecule has 1 saturated carbocycles. The number of likely N-dealkylation sites (tertiary alicyclic amines) is 1. The third kappa shape index (κ3) is 3.41. The maximum atomic E-state index is 12.9. The van der Waals surface area contributed by atoms with Gasteiger partial charge >= 0.3 is 0 Å². The van der Waals surface area contributed by atoms with E-state index in [-0.39, 0.29) is 35.5 Å². The molecule has 2 atom stereocenters. The smallest absolute Gasteiger partial charge is 0.248 e. The fraction of sp³-hybridized carbons (Fsp3) is 0.889. The van der Waals surface area contributed by atoms with Gasteiger partial charge in [-0.1, -0.05) is 0 Å². The van der Waals surface area contributed by atoms with Crippen LogP contribution in [0.5, 0.6) is 0 Å². The number of nitrogens with zero attached hydrogens (tertiary/aromatic N) is 3. The van der Waals surface area contributed by atoms with Crippen molar-refractivity contribution in [2.45, 2.75) is 37.3 Å². The quantitative estimate of drug-likeness (QED) is 0.722. The average Bonchev–Trinajstić information content (AvgIpc) is 2.83. The van der Waals surface area contributed by atoms with Gasteiger partial charge in [0.25, 0.3) is 0 Å². The van der Waals surface area contributed by atoms with Crippen LogP contribution in [0, 0.1) is 5.41 Å². The molecule has 142 valence electrons. The first-order valence-corrected chi connectivity index (χ1v) is 9.12. The zero-order valence-corrected chi connectivity index (χ0v) is 15.9. The third-order valence-corrected chi connectivity index (χ3v) is 6.35. The third-order valence-electron chi connectivity index (χ3n) is 6.35. The van der Waals surface area contributed by atoms with Gasteiger partial charge in [0.2, 0.25) is 11.8 Å². The maximum absolute atomic E-state index is 12.9. The molecule has 1 aliphatic carbocycles. The predicted molar refractivity (Wildman–Crippen MR) is 93.2 cm³/mol. The Morgan fingerprint density at radius 1 is 1.36 bits per heavy atom. The van der Waals surface area contributed by atoms with Crippen molar-refractivity contribution in [3.05, 3.63) is 0 Å². The number of hydrogen-bond acceptors (Lipinski definition) is 5.